The number of aromatic nitrogens is 8. The van der Waals surface area contributed by atoms with Crippen molar-refractivity contribution >= 4 is 43.6 Å². The Kier molecular flexibility index (Phi) is 21.3. The lowest BCUT2D eigenvalue weighted by Gasteiger charge is -2.22. The Morgan fingerprint density at radius 2 is 0.403 bits per heavy atom. The van der Waals surface area contributed by atoms with Crippen LogP contribution in [-0.2, 0) is 12.4 Å². The molecule has 14 heteroatoms. The molecule has 0 saturated carbocycles. The van der Waals surface area contributed by atoms with E-state index >= 15 is 0 Å². The van der Waals surface area contributed by atoms with Gasteiger partial charge in [-0.2, -0.15) is 26.3 Å². The number of hydrogen-bond acceptors (Lipinski definition) is 6. The van der Waals surface area contributed by atoms with Gasteiger partial charge in [-0.3, -0.25) is 0 Å². The van der Waals surface area contributed by atoms with Gasteiger partial charge in [0, 0.05) is 77.2 Å². The second-order valence-electron chi connectivity index (χ2n) is 32.8. The summed E-state index contributed by atoms with van der Waals surface area (Å²) in [6.07, 6.45) is -9.14. The van der Waals surface area contributed by atoms with Gasteiger partial charge in [0.05, 0.1) is 44.6 Å². The zero-order valence-electron chi connectivity index (χ0n) is 70.9. The Labute approximate surface area is 742 Å². The summed E-state index contributed by atoms with van der Waals surface area (Å²) < 4.78 is 92.6. The number of para-hydroxylation sites is 1. The summed E-state index contributed by atoms with van der Waals surface area (Å²) in [6, 6.07) is 128. The predicted octanol–water partition coefficient (Wildman–Crippen LogP) is 31.2. The van der Waals surface area contributed by atoms with Crippen molar-refractivity contribution in [3.8, 4) is 158 Å². The van der Waals surface area contributed by atoms with Gasteiger partial charge >= 0.3 is 12.4 Å². The molecule has 129 heavy (non-hydrogen) atoms. The van der Waals surface area contributed by atoms with Gasteiger partial charge in [0.15, 0.2) is 34.9 Å². The molecule has 0 radical (unpaired) electrons. The maximum atomic E-state index is 14.8. The van der Waals surface area contributed by atoms with E-state index in [1.165, 1.54) is 29.8 Å². The molecule has 0 aliphatic rings. The molecule has 0 atom stereocenters. The van der Waals surface area contributed by atoms with Gasteiger partial charge < -0.3 is 9.13 Å². The fourth-order valence-corrected chi connectivity index (χ4v) is 17.6. The normalized spacial score (nSPS) is 11.7. The minimum Gasteiger partial charge on any atom is -0.308 e. The number of benzene rings is 17. The Morgan fingerprint density at radius 1 is 0.178 bits per heavy atom. The third kappa shape index (κ3) is 16.3. The van der Waals surface area contributed by atoms with Crippen molar-refractivity contribution in [3.63, 3.8) is 0 Å². The average molecular weight is 1690 g/mol. The highest BCUT2D eigenvalue weighted by Crippen LogP contribution is 2.50. The molecule has 4 aromatic heterocycles. The Morgan fingerprint density at radius 3 is 0.698 bits per heavy atom. The highest BCUT2D eigenvalue weighted by Gasteiger charge is 2.34. The first-order valence-corrected chi connectivity index (χ1v) is 42.7. The maximum absolute atomic E-state index is 14.8. The van der Waals surface area contributed by atoms with Crippen LogP contribution in [0.1, 0.15) is 38.9 Å². The van der Waals surface area contributed by atoms with Crippen LogP contribution < -0.4 is 0 Å². The van der Waals surface area contributed by atoms with Crippen molar-refractivity contribution in [3.05, 3.63) is 433 Å². The Balaban J connectivity index is 0.000000163. The first-order chi connectivity index (χ1) is 62.7. The SMILES string of the molecule is Cc1cccc(-c2ccc3c(c2)c2cc(-c4cccc(C)c4)ccc2n3-c2c(-c3cccc(C)c3)cc(-c3nc(-c4ccccc4)nc(-c4ccccc4)n3)cc2-c2cccc(C(F)(F)F)c2)c1.Cc1cccc(-c2ccc3c(c2)c2ccccc2n3-c2c(-c3cccc(C)c3)cc(-c3nc(-c4ccccc4)nc(-c4ccccc4)n3)cc2-c2cccc(C(F)(F)F)c2)c1. The highest BCUT2D eigenvalue weighted by molar-refractivity contribution is 6.14. The van der Waals surface area contributed by atoms with Gasteiger partial charge in [0.1, 0.15) is 0 Å². The number of aryl methyl sites for hydroxylation is 5. The van der Waals surface area contributed by atoms with Gasteiger partial charge in [-0.05, 0) is 181 Å². The fourth-order valence-electron chi connectivity index (χ4n) is 17.6. The van der Waals surface area contributed by atoms with E-state index in [-0.39, 0.29) is 0 Å². The molecule has 0 spiro atoms. The summed E-state index contributed by atoms with van der Waals surface area (Å²) in [7, 11) is 0. The summed E-state index contributed by atoms with van der Waals surface area (Å²) in [5.74, 6) is 2.71. The molecule has 21 rings (SSSR count). The van der Waals surface area contributed by atoms with Crippen LogP contribution in [0.15, 0.2) is 394 Å². The molecule has 0 bridgehead atoms. The molecule has 0 N–H and O–H groups in total. The zero-order chi connectivity index (χ0) is 88.2. The molecule has 0 unspecified atom stereocenters. The van der Waals surface area contributed by atoms with Gasteiger partial charge in [0.25, 0.3) is 0 Å². The van der Waals surface area contributed by atoms with E-state index in [2.05, 4.69) is 200 Å². The summed E-state index contributed by atoms with van der Waals surface area (Å²) >= 11 is 0. The minimum atomic E-state index is -4.58. The Hall–Kier alpha value is -16.1. The van der Waals surface area contributed by atoms with E-state index in [0.29, 0.717) is 68.3 Å². The largest absolute Gasteiger partial charge is 0.416 e. The van der Waals surface area contributed by atoms with Crippen LogP contribution >= 0.6 is 0 Å². The van der Waals surface area contributed by atoms with Crippen LogP contribution in [0.5, 0.6) is 0 Å². The third-order valence-electron chi connectivity index (χ3n) is 23.7. The summed E-state index contributed by atoms with van der Waals surface area (Å²) in [5.41, 5.74) is 25.6. The average Bonchev–Trinajstić information content (AvgIpc) is 1.56. The summed E-state index contributed by atoms with van der Waals surface area (Å²) in [6.45, 7) is 10.4. The van der Waals surface area contributed by atoms with Gasteiger partial charge in [-0.1, -0.05) is 331 Å². The van der Waals surface area contributed by atoms with Crippen molar-refractivity contribution in [2.75, 3.05) is 0 Å². The van der Waals surface area contributed by atoms with Crippen LogP contribution in [-0.4, -0.2) is 39.0 Å². The molecular formula is C115H80F6N8. The van der Waals surface area contributed by atoms with Crippen LogP contribution in [0.25, 0.3) is 201 Å². The van der Waals surface area contributed by atoms with Crippen LogP contribution in [0.2, 0.25) is 0 Å². The van der Waals surface area contributed by atoms with Crippen LogP contribution in [0.4, 0.5) is 26.3 Å². The van der Waals surface area contributed by atoms with Crippen LogP contribution in [0.3, 0.4) is 0 Å². The number of rotatable bonds is 15. The van der Waals surface area contributed by atoms with E-state index in [0.717, 1.165) is 167 Å². The molecule has 21 aromatic rings. The molecule has 0 fully saturated rings. The standard InChI is InChI=1S/C61H43F3N4.C54H37F3N4/c1-38-14-10-21-43(30-38)45-26-28-55-53(34-45)54-35-46(44-22-11-15-39(2)31-44)27-29-56(54)68(55)57-51(47-23-12-16-40(3)32-47)36-49(37-52(57)48-24-13-25-50(33-48)61(62,63)64)60-66-58(41-17-6-4-7-18-41)65-59(67-60)42-19-8-5-9-20-42;1-34-14-11-20-38(28-34)39-26-27-49-47(31-39)44-24-9-10-25-48(44)61(49)50-45(40-21-12-15-35(2)29-40)32-42(33-46(50)41-22-13-23-43(30-41)54(55,56)57)53-59-51(36-16-5-3-6-17-36)58-52(60-53)37-18-7-4-8-19-37/h4-37H,1-3H3;3-33H,1-2H3. The lowest BCUT2D eigenvalue weighted by molar-refractivity contribution is -0.138. The van der Waals surface area contributed by atoms with Crippen molar-refractivity contribution in [1.29, 1.82) is 0 Å². The van der Waals surface area contributed by atoms with Crippen molar-refractivity contribution in [2.24, 2.45) is 0 Å². The molecule has 8 nitrogen and oxygen atoms in total. The lowest BCUT2D eigenvalue weighted by Crippen LogP contribution is -2.06. The van der Waals surface area contributed by atoms with Crippen molar-refractivity contribution < 1.29 is 26.3 Å². The molecule has 4 heterocycles. The minimum absolute atomic E-state index is 0.388. The quantitative estimate of drug-likeness (QED) is 0.0951. The molecule has 0 saturated heterocycles. The van der Waals surface area contributed by atoms with Gasteiger partial charge in [0.2, 0.25) is 0 Å². The van der Waals surface area contributed by atoms with E-state index in [9.17, 15) is 26.3 Å². The lowest BCUT2D eigenvalue weighted by atomic mass is 9.91. The second kappa shape index (κ2) is 33.8. The molecule has 0 amide bonds. The van der Waals surface area contributed by atoms with Crippen molar-refractivity contribution in [2.45, 2.75) is 47.0 Å². The number of halogens is 6. The van der Waals surface area contributed by atoms with Gasteiger partial charge in [-0.15, -0.1) is 0 Å². The van der Waals surface area contributed by atoms with E-state index in [1.807, 2.05) is 190 Å². The molecule has 17 aromatic carbocycles. The zero-order valence-corrected chi connectivity index (χ0v) is 70.9. The smallest absolute Gasteiger partial charge is 0.308 e. The number of hydrogen-bond donors (Lipinski definition) is 0. The highest BCUT2D eigenvalue weighted by atomic mass is 19.4. The first-order valence-electron chi connectivity index (χ1n) is 42.7. The summed E-state index contributed by atoms with van der Waals surface area (Å²) in [5, 5.41) is 4.08. The van der Waals surface area contributed by atoms with E-state index < -0.39 is 23.5 Å². The first kappa shape index (κ1) is 81.3. The van der Waals surface area contributed by atoms with E-state index in [1.54, 1.807) is 12.1 Å². The second-order valence-corrected chi connectivity index (χ2v) is 32.8. The van der Waals surface area contributed by atoms with Gasteiger partial charge in [-0.25, -0.2) is 29.9 Å². The van der Waals surface area contributed by atoms with E-state index in [4.69, 9.17) is 29.9 Å². The number of fused-ring (bicyclic) bond motifs is 6. The van der Waals surface area contributed by atoms with Crippen LogP contribution in [0, 0.1) is 34.6 Å². The topological polar surface area (TPSA) is 87.2 Å². The third-order valence-corrected chi connectivity index (χ3v) is 23.7. The summed E-state index contributed by atoms with van der Waals surface area (Å²) in [4.78, 5) is 30.2. The van der Waals surface area contributed by atoms with Crippen molar-refractivity contribution in [1.82, 2.24) is 39.0 Å². The molecule has 622 valence electrons. The monoisotopic (exact) mass is 1690 g/mol. The Bertz CT molecular complexity index is 7680. The fraction of sp³-hybridized carbons (Fsp3) is 0.0609. The maximum Gasteiger partial charge on any atom is 0.416 e. The number of nitrogens with zero attached hydrogens (tertiary/aromatic N) is 8. The molecule has 0 aliphatic carbocycles. The molecule has 0 aliphatic heterocycles. The molecular weight excluding hydrogens is 1610 g/mol. The predicted molar refractivity (Wildman–Crippen MR) is 513 cm³/mol. The number of alkyl halides is 6.